The van der Waals surface area contributed by atoms with Gasteiger partial charge in [0.2, 0.25) is 5.91 Å². The fourth-order valence-electron chi connectivity index (χ4n) is 3.45. The highest BCUT2D eigenvalue weighted by Crippen LogP contribution is 2.42. The summed E-state index contributed by atoms with van der Waals surface area (Å²) in [5, 5.41) is 2.97. The second-order valence-corrected chi connectivity index (χ2v) is 9.48. The van der Waals surface area contributed by atoms with Crippen LogP contribution in [-0.2, 0) is 20.0 Å². The van der Waals surface area contributed by atoms with E-state index < -0.39 is 15.3 Å². The first kappa shape index (κ1) is 18.1. The maximum atomic E-state index is 13.1. The third-order valence-electron chi connectivity index (χ3n) is 4.81. The Bertz CT molecular complexity index is 885. The Labute approximate surface area is 156 Å². The molecule has 132 valence electrons. The molecule has 0 radical (unpaired) electrons. The van der Waals surface area contributed by atoms with E-state index >= 15 is 0 Å². The zero-order valence-corrected chi connectivity index (χ0v) is 16.4. The zero-order valence-electron chi connectivity index (χ0n) is 14.0. The number of halogens is 1. The van der Waals surface area contributed by atoms with E-state index in [0.717, 1.165) is 35.7 Å². The Kier molecular flexibility index (Phi) is 5.02. The molecule has 0 aliphatic heterocycles. The second kappa shape index (κ2) is 6.92. The summed E-state index contributed by atoms with van der Waals surface area (Å²) in [6.07, 6.45) is 4.84. The molecular weight excluding hydrogens is 402 g/mol. The molecule has 3 rings (SSSR count). The van der Waals surface area contributed by atoms with Gasteiger partial charge in [0, 0.05) is 16.4 Å². The molecular formula is C19H20BrNO3S. The molecule has 1 amide bonds. The Morgan fingerprint density at radius 3 is 2.28 bits per heavy atom. The fourth-order valence-corrected chi connectivity index (χ4v) is 4.48. The minimum absolute atomic E-state index is 0.0322. The first-order chi connectivity index (χ1) is 11.8. The summed E-state index contributed by atoms with van der Waals surface area (Å²) >= 11 is 3.49. The summed E-state index contributed by atoms with van der Waals surface area (Å²) in [6.45, 7) is 0. The molecule has 0 heterocycles. The number of nitrogens with one attached hydrogen (secondary N) is 1. The molecule has 2 aromatic rings. The molecule has 1 saturated carbocycles. The Balaban J connectivity index is 1.87. The third kappa shape index (κ3) is 3.80. The van der Waals surface area contributed by atoms with Crippen LogP contribution < -0.4 is 5.32 Å². The minimum atomic E-state index is -3.24. The molecule has 4 nitrogen and oxygen atoms in total. The van der Waals surface area contributed by atoms with E-state index in [9.17, 15) is 13.2 Å². The van der Waals surface area contributed by atoms with E-state index in [1.807, 2.05) is 24.3 Å². The number of amides is 1. The summed E-state index contributed by atoms with van der Waals surface area (Å²) in [4.78, 5) is 13.3. The number of sulfone groups is 1. The summed E-state index contributed by atoms with van der Waals surface area (Å²) < 4.78 is 24.1. The number of carbonyl (C=O) groups is 1. The number of rotatable bonds is 4. The minimum Gasteiger partial charge on any atom is -0.325 e. The van der Waals surface area contributed by atoms with Crippen molar-refractivity contribution in [3.05, 3.63) is 58.6 Å². The Morgan fingerprint density at radius 1 is 1.08 bits per heavy atom. The maximum Gasteiger partial charge on any atom is 0.235 e. The highest BCUT2D eigenvalue weighted by Gasteiger charge is 2.42. The number of benzene rings is 2. The van der Waals surface area contributed by atoms with Crippen LogP contribution in [0.5, 0.6) is 0 Å². The monoisotopic (exact) mass is 421 g/mol. The number of carbonyl (C=O) groups excluding carboxylic acids is 1. The standard InChI is InChI=1S/C19H20BrNO3S/c1-25(23,24)17-9-7-16(8-10-17)21-18(22)19(11-2-3-12-19)14-5-4-6-15(20)13-14/h4-10,13H,2-3,11-12H2,1H3,(H,21,22). The smallest absolute Gasteiger partial charge is 0.235 e. The molecule has 1 aliphatic rings. The number of anilines is 1. The van der Waals surface area contributed by atoms with Gasteiger partial charge < -0.3 is 5.32 Å². The van der Waals surface area contributed by atoms with Gasteiger partial charge in [0.05, 0.1) is 10.3 Å². The molecule has 1 aliphatic carbocycles. The van der Waals surface area contributed by atoms with Crippen molar-refractivity contribution in [2.24, 2.45) is 0 Å². The fraction of sp³-hybridized carbons (Fsp3) is 0.316. The van der Waals surface area contributed by atoms with Crippen LogP contribution in [0.15, 0.2) is 57.9 Å². The second-order valence-electron chi connectivity index (χ2n) is 6.55. The van der Waals surface area contributed by atoms with Gasteiger partial charge in [0.25, 0.3) is 0 Å². The lowest BCUT2D eigenvalue weighted by Crippen LogP contribution is -2.38. The quantitative estimate of drug-likeness (QED) is 0.799. The van der Waals surface area contributed by atoms with Gasteiger partial charge >= 0.3 is 0 Å². The molecule has 0 bridgehead atoms. The molecule has 6 heteroatoms. The van der Waals surface area contributed by atoms with E-state index in [0.29, 0.717) is 5.69 Å². The highest BCUT2D eigenvalue weighted by molar-refractivity contribution is 9.10. The molecule has 0 unspecified atom stereocenters. The van der Waals surface area contributed by atoms with Crippen molar-refractivity contribution in [1.29, 1.82) is 0 Å². The van der Waals surface area contributed by atoms with E-state index in [2.05, 4.69) is 21.2 Å². The lowest BCUT2D eigenvalue weighted by molar-refractivity contribution is -0.121. The third-order valence-corrected chi connectivity index (χ3v) is 6.43. The predicted molar refractivity (Wildman–Crippen MR) is 102 cm³/mol. The summed E-state index contributed by atoms with van der Waals surface area (Å²) in [5.41, 5.74) is 1.10. The van der Waals surface area contributed by atoms with Crippen molar-refractivity contribution in [2.45, 2.75) is 36.0 Å². The number of hydrogen-bond acceptors (Lipinski definition) is 3. The van der Waals surface area contributed by atoms with Crippen LogP contribution in [0, 0.1) is 0 Å². The molecule has 1 fully saturated rings. The van der Waals surface area contributed by atoms with E-state index in [-0.39, 0.29) is 10.8 Å². The molecule has 0 saturated heterocycles. The number of hydrogen-bond donors (Lipinski definition) is 1. The van der Waals surface area contributed by atoms with E-state index in [1.54, 1.807) is 12.1 Å². The molecule has 0 atom stereocenters. The van der Waals surface area contributed by atoms with Gasteiger partial charge in [0.15, 0.2) is 9.84 Å². The normalized spacial score (nSPS) is 16.6. The largest absolute Gasteiger partial charge is 0.325 e. The van der Waals surface area contributed by atoms with Crippen LogP contribution in [-0.4, -0.2) is 20.6 Å². The van der Waals surface area contributed by atoms with Crippen molar-refractivity contribution in [3.63, 3.8) is 0 Å². The van der Waals surface area contributed by atoms with Gasteiger partial charge in [-0.3, -0.25) is 4.79 Å². The lowest BCUT2D eigenvalue weighted by Gasteiger charge is -2.28. The highest BCUT2D eigenvalue weighted by atomic mass is 79.9. The van der Waals surface area contributed by atoms with Gasteiger partial charge in [-0.15, -0.1) is 0 Å². The predicted octanol–water partition coefficient (Wildman–Crippen LogP) is 4.30. The first-order valence-electron chi connectivity index (χ1n) is 8.19. The summed E-state index contributed by atoms with van der Waals surface area (Å²) in [5.74, 6) is -0.0322. The molecule has 25 heavy (non-hydrogen) atoms. The van der Waals surface area contributed by atoms with Gasteiger partial charge in [0.1, 0.15) is 0 Å². The summed E-state index contributed by atoms with van der Waals surface area (Å²) in [6, 6.07) is 14.2. The van der Waals surface area contributed by atoms with Crippen molar-refractivity contribution < 1.29 is 13.2 Å². The van der Waals surface area contributed by atoms with Crippen LogP contribution in [0.25, 0.3) is 0 Å². The van der Waals surface area contributed by atoms with Gasteiger partial charge in [-0.2, -0.15) is 0 Å². The Hall–Kier alpha value is -1.66. The van der Waals surface area contributed by atoms with E-state index in [1.165, 1.54) is 18.4 Å². The van der Waals surface area contributed by atoms with Crippen LogP contribution >= 0.6 is 15.9 Å². The zero-order chi connectivity index (χ0) is 18.1. The SMILES string of the molecule is CS(=O)(=O)c1ccc(NC(=O)C2(c3cccc(Br)c3)CCCC2)cc1. The topological polar surface area (TPSA) is 63.2 Å². The molecule has 0 aromatic heterocycles. The van der Waals surface area contributed by atoms with Gasteiger partial charge in [-0.1, -0.05) is 40.9 Å². The van der Waals surface area contributed by atoms with Gasteiger partial charge in [-0.25, -0.2) is 8.42 Å². The Morgan fingerprint density at radius 2 is 1.72 bits per heavy atom. The van der Waals surface area contributed by atoms with Crippen molar-refractivity contribution in [3.8, 4) is 0 Å². The maximum absolute atomic E-state index is 13.1. The van der Waals surface area contributed by atoms with Crippen molar-refractivity contribution in [1.82, 2.24) is 0 Å². The first-order valence-corrected chi connectivity index (χ1v) is 10.9. The van der Waals surface area contributed by atoms with Crippen molar-refractivity contribution in [2.75, 3.05) is 11.6 Å². The van der Waals surface area contributed by atoms with Crippen LogP contribution in [0.4, 0.5) is 5.69 Å². The molecule has 0 spiro atoms. The summed E-state index contributed by atoms with van der Waals surface area (Å²) in [7, 11) is -3.24. The van der Waals surface area contributed by atoms with Gasteiger partial charge in [-0.05, 0) is 54.8 Å². The van der Waals surface area contributed by atoms with Crippen LogP contribution in [0.2, 0.25) is 0 Å². The van der Waals surface area contributed by atoms with Crippen LogP contribution in [0.1, 0.15) is 31.2 Å². The average molecular weight is 422 g/mol. The average Bonchev–Trinajstić information content (AvgIpc) is 3.05. The lowest BCUT2D eigenvalue weighted by atomic mass is 9.78. The van der Waals surface area contributed by atoms with Crippen molar-refractivity contribution >= 4 is 37.4 Å². The van der Waals surface area contributed by atoms with E-state index in [4.69, 9.17) is 0 Å². The molecule has 1 N–H and O–H groups in total. The van der Waals surface area contributed by atoms with Crippen LogP contribution in [0.3, 0.4) is 0 Å². The molecule has 2 aromatic carbocycles.